The van der Waals surface area contributed by atoms with Gasteiger partial charge >= 0.3 is 0 Å². The van der Waals surface area contributed by atoms with E-state index in [4.69, 9.17) is 0 Å². The molecular formula is C16H16N6. The summed E-state index contributed by atoms with van der Waals surface area (Å²) in [6.07, 6.45) is 4.63. The van der Waals surface area contributed by atoms with Crippen molar-refractivity contribution in [3.63, 3.8) is 0 Å². The predicted octanol–water partition coefficient (Wildman–Crippen LogP) is 2.36. The fourth-order valence-corrected chi connectivity index (χ4v) is 2.78. The Morgan fingerprint density at radius 3 is 2.82 bits per heavy atom. The Labute approximate surface area is 128 Å². The van der Waals surface area contributed by atoms with Crippen LogP contribution in [0.5, 0.6) is 0 Å². The van der Waals surface area contributed by atoms with Crippen LogP contribution in [0.1, 0.15) is 23.2 Å². The molecular weight excluding hydrogens is 276 g/mol. The lowest BCUT2D eigenvalue weighted by molar-refractivity contribution is 0.899. The van der Waals surface area contributed by atoms with Crippen LogP contribution in [-0.4, -0.2) is 25.1 Å². The number of anilines is 1. The first-order valence-corrected chi connectivity index (χ1v) is 7.43. The molecule has 1 aliphatic rings. The van der Waals surface area contributed by atoms with Crippen molar-refractivity contribution in [2.45, 2.75) is 25.8 Å². The van der Waals surface area contributed by atoms with Gasteiger partial charge in [0.05, 0.1) is 0 Å². The van der Waals surface area contributed by atoms with Crippen LogP contribution < -0.4 is 5.32 Å². The lowest BCUT2D eigenvalue weighted by atomic mass is 10.2. The van der Waals surface area contributed by atoms with Gasteiger partial charge in [-0.2, -0.15) is 5.10 Å². The lowest BCUT2D eigenvalue weighted by Crippen LogP contribution is -2.07. The van der Waals surface area contributed by atoms with E-state index in [9.17, 15) is 0 Å². The Morgan fingerprint density at radius 2 is 2.00 bits per heavy atom. The number of hydrogen-bond acceptors (Lipinski definition) is 5. The van der Waals surface area contributed by atoms with Gasteiger partial charge in [0.2, 0.25) is 0 Å². The molecule has 6 nitrogen and oxygen atoms in total. The summed E-state index contributed by atoms with van der Waals surface area (Å²) in [5.74, 6) is 2.13. The number of hydrogen-bond donors (Lipinski definition) is 2. The third-order valence-corrected chi connectivity index (χ3v) is 3.86. The molecule has 6 heteroatoms. The van der Waals surface area contributed by atoms with Crippen molar-refractivity contribution in [2.75, 3.05) is 5.32 Å². The summed E-state index contributed by atoms with van der Waals surface area (Å²) in [5.41, 5.74) is 3.59. The zero-order valence-electron chi connectivity index (χ0n) is 12.1. The Hall–Kier alpha value is -2.76. The van der Waals surface area contributed by atoms with Crippen LogP contribution in [0.15, 0.2) is 36.7 Å². The average Bonchev–Trinajstić information content (AvgIpc) is 3.24. The molecule has 22 heavy (non-hydrogen) atoms. The fraction of sp³-hybridized carbons (Fsp3) is 0.250. The quantitative estimate of drug-likeness (QED) is 0.771. The van der Waals surface area contributed by atoms with E-state index in [1.54, 1.807) is 0 Å². The van der Waals surface area contributed by atoms with Gasteiger partial charge in [-0.3, -0.25) is 5.10 Å². The van der Waals surface area contributed by atoms with Gasteiger partial charge in [0.1, 0.15) is 12.1 Å². The van der Waals surface area contributed by atoms with Gasteiger partial charge < -0.3 is 5.32 Å². The highest BCUT2D eigenvalue weighted by Gasteiger charge is 2.20. The highest BCUT2D eigenvalue weighted by Crippen LogP contribution is 2.28. The minimum Gasteiger partial charge on any atom is -0.366 e. The van der Waals surface area contributed by atoms with Crippen LogP contribution in [-0.2, 0) is 19.4 Å². The van der Waals surface area contributed by atoms with Crippen LogP contribution in [0, 0.1) is 0 Å². The van der Waals surface area contributed by atoms with Crippen LogP contribution in [0.3, 0.4) is 0 Å². The predicted molar refractivity (Wildman–Crippen MR) is 83.2 cm³/mol. The first kappa shape index (κ1) is 12.9. The minimum absolute atomic E-state index is 0.605. The fourth-order valence-electron chi connectivity index (χ4n) is 2.78. The van der Waals surface area contributed by atoms with Crippen molar-refractivity contribution < 1.29 is 0 Å². The molecule has 0 atom stereocenters. The first-order valence-electron chi connectivity index (χ1n) is 7.43. The second kappa shape index (κ2) is 5.55. The number of nitrogens with zero attached hydrogens (tertiary/aromatic N) is 4. The molecule has 2 aromatic heterocycles. The summed E-state index contributed by atoms with van der Waals surface area (Å²) in [7, 11) is 0. The van der Waals surface area contributed by atoms with Gasteiger partial charge in [-0.25, -0.2) is 15.0 Å². The third-order valence-electron chi connectivity index (χ3n) is 3.86. The van der Waals surface area contributed by atoms with Crippen molar-refractivity contribution >= 4 is 5.82 Å². The Kier molecular flexibility index (Phi) is 3.27. The first-order chi connectivity index (χ1) is 10.9. The smallest absolute Gasteiger partial charge is 0.199 e. The van der Waals surface area contributed by atoms with E-state index < -0.39 is 0 Å². The van der Waals surface area contributed by atoms with Crippen LogP contribution in [0.4, 0.5) is 5.82 Å². The summed E-state index contributed by atoms with van der Waals surface area (Å²) in [6.45, 7) is 0.750. The van der Waals surface area contributed by atoms with Crippen molar-refractivity contribution in [1.82, 2.24) is 25.1 Å². The topological polar surface area (TPSA) is 79.4 Å². The number of H-pyrrole nitrogens is 1. The summed E-state index contributed by atoms with van der Waals surface area (Å²) in [5, 5.41) is 10.2. The molecule has 0 saturated heterocycles. The van der Waals surface area contributed by atoms with Crippen LogP contribution in [0.25, 0.3) is 11.6 Å². The largest absolute Gasteiger partial charge is 0.366 e. The monoisotopic (exact) mass is 292 g/mol. The maximum Gasteiger partial charge on any atom is 0.199 e. The minimum atomic E-state index is 0.605. The van der Waals surface area contributed by atoms with Crippen molar-refractivity contribution in [1.29, 1.82) is 0 Å². The summed E-state index contributed by atoms with van der Waals surface area (Å²) in [6, 6.07) is 10.3. The zero-order valence-corrected chi connectivity index (χ0v) is 12.1. The summed E-state index contributed by atoms with van der Waals surface area (Å²) < 4.78 is 0. The Morgan fingerprint density at radius 1 is 1.09 bits per heavy atom. The highest BCUT2D eigenvalue weighted by molar-refractivity contribution is 5.55. The van der Waals surface area contributed by atoms with Gasteiger partial charge in [0.25, 0.3) is 0 Å². The maximum absolute atomic E-state index is 4.65. The van der Waals surface area contributed by atoms with E-state index in [0.29, 0.717) is 11.6 Å². The molecule has 2 heterocycles. The normalized spacial score (nSPS) is 13.1. The molecule has 0 bridgehead atoms. The third kappa shape index (κ3) is 2.43. The average molecular weight is 292 g/mol. The maximum atomic E-state index is 4.65. The van der Waals surface area contributed by atoms with Crippen LogP contribution in [0.2, 0.25) is 0 Å². The van der Waals surface area contributed by atoms with Gasteiger partial charge in [-0.05, 0) is 24.8 Å². The Bertz CT molecular complexity index is 767. The van der Waals surface area contributed by atoms with E-state index >= 15 is 0 Å². The number of aromatic amines is 1. The van der Waals surface area contributed by atoms with Crippen molar-refractivity contribution in [2.24, 2.45) is 0 Å². The Balaban J connectivity index is 1.66. The molecule has 1 aromatic carbocycles. The van der Waals surface area contributed by atoms with Crippen molar-refractivity contribution in [3.8, 4) is 11.6 Å². The van der Waals surface area contributed by atoms with E-state index in [1.807, 2.05) is 18.2 Å². The molecule has 0 aliphatic heterocycles. The van der Waals surface area contributed by atoms with E-state index in [2.05, 4.69) is 42.6 Å². The SMILES string of the molecule is c1ccc(CNc2nc(-c3ncn[nH]3)nc3c2CCC3)cc1. The van der Waals surface area contributed by atoms with E-state index in [0.717, 1.165) is 37.3 Å². The van der Waals surface area contributed by atoms with Gasteiger partial charge in [-0.15, -0.1) is 0 Å². The second-order valence-electron chi connectivity index (χ2n) is 5.35. The number of aryl methyl sites for hydroxylation is 1. The number of aromatic nitrogens is 5. The molecule has 0 fully saturated rings. The highest BCUT2D eigenvalue weighted by atomic mass is 15.2. The van der Waals surface area contributed by atoms with E-state index in [-0.39, 0.29) is 0 Å². The molecule has 0 saturated carbocycles. The molecule has 1 aliphatic carbocycles. The van der Waals surface area contributed by atoms with Crippen LogP contribution >= 0.6 is 0 Å². The zero-order chi connectivity index (χ0) is 14.8. The molecule has 0 amide bonds. The molecule has 3 aromatic rings. The molecule has 0 spiro atoms. The standard InChI is InChI=1S/C16H16N6/c1-2-5-11(6-3-1)9-17-14-12-7-4-8-13(12)20-16(21-14)15-18-10-19-22-15/h1-3,5-6,10H,4,7-9H2,(H,17,20,21)(H,18,19,22). The number of benzene rings is 1. The van der Waals surface area contributed by atoms with Gasteiger partial charge in [0, 0.05) is 17.8 Å². The van der Waals surface area contributed by atoms with Gasteiger partial charge in [0.15, 0.2) is 11.6 Å². The molecule has 110 valence electrons. The van der Waals surface area contributed by atoms with E-state index in [1.165, 1.54) is 17.5 Å². The molecule has 2 N–H and O–H groups in total. The van der Waals surface area contributed by atoms with Gasteiger partial charge in [-0.1, -0.05) is 30.3 Å². The summed E-state index contributed by atoms with van der Waals surface area (Å²) in [4.78, 5) is 13.4. The number of fused-ring (bicyclic) bond motifs is 1. The molecule has 4 rings (SSSR count). The molecule has 0 radical (unpaired) electrons. The number of nitrogens with one attached hydrogen (secondary N) is 2. The molecule has 0 unspecified atom stereocenters. The lowest BCUT2D eigenvalue weighted by Gasteiger charge is -2.11. The second-order valence-corrected chi connectivity index (χ2v) is 5.35. The van der Waals surface area contributed by atoms with Crippen molar-refractivity contribution in [3.05, 3.63) is 53.5 Å². The summed E-state index contributed by atoms with van der Waals surface area (Å²) >= 11 is 0. The number of rotatable bonds is 4.